The quantitative estimate of drug-likeness (QED) is 0.607. The van der Waals surface area contributed by atoms with E-state index in [0.29, 0.717) is 0 Å². The molecule has 10 heavy (non-hydrogen) atoms. The standard InChI is InChI=1S/C6H9IN2O/c1-5-8-6(10-9-5)3-2-4-7/h2-4H2,1H3. The van der Waals surface area contributed by atoms with E-state index in [-0.39, 0.29) is 0 Å². The molecule has 0 radical (unpaired) electrons. The van der Waals surface area contributed by atoms with E-state index in [1.807, 2.05) is 6.92 Å². The van der Waals surface area contributed by atoms with Gasteiger partial charge in [0.1, 0.15) is 0 Å². The van der Waals surface area contributed by atoms with E-state index >= 15 is 0 Å². The second-order valence-electron chi connectivity index (χ2n) is 2.03. The Bertz CT molecular complexity index is 199. The van der Waals surface area contributed by atoms with Gasteiger partial charge in [0.05, 0.1) is 0 Å². The van der Waals surface area contributed by atoms with Gasteiger partial charge >= 0.3 is 0 Å². The average molecular weight is 252 g/mol. The monoisotopic (exact) mass is 252 g/mol. The lowest BCUT2D eigenvalue weighted by Crippen LogP contribution is -1.85. The first kappa shape index (κ1) is 7.97. The van der Waals surface area contributed by atoms with Crippen molar-refractivity contribution in [3.63, 3.8) is 0 Å². The van der Waals surface area contributed by atoms with E-state index in [9.17, 15) is 0 Å². The summed E-state index contributed by atoms with van der Waals surface area (Å²) in [6.45, 7) is 1.83. The molecule has 56 valence electrons. The Morgan fingerprint density at radius 1 is 1.60 bits per heavy atom. The maximum atomic E-state index is 4.90. The Morgan fingerprint density at radius 2 is 2.40 bits per heavy atom. The van der Waals surface area contributed by atoms with Gasteiger partial charge in [-0.15, -0.1) is 0 Å². The van der Waals surface area contributed by atoms with Crippen LogP contribution in [0.15, 0.2) is 4.52 Å². The van der Waals surface area contributed by atoms with Gasteiger partial charge in [-0.2, -0.15) is 4.98 Å². The van der Waals surface area contributed by atoms with E-state index in [1.165, 1.54) is 0 Å². The van der Waals surface area contributed by atoms with Crippen molar-refractivity contribution in [2.45, 2.75) is 19.8 Å². The van der Waals surface area contributed by atoms with E-state index in [0.717, 1.165) is 29.0 Å². The van der Waals surface area contributed by atoms with Crippen LogP contribution < -0.4 is 0 Å². The molecular formula is C6H9IN2O. The first-order valence-corrected chi connectivity index (χ1v) is 4.70. The minimum Gasteiger partial charge on any atom is -0.339 e. The van der Waals surface area contributed by atoms with E-state index in [4.69, 9.17) is 4.52 Å². The number of alkyl halides is 1. The summed E-state index contributed by atoms with van der Waals surface area (Å²) in [6.07, 6.45) is 2.02. The van der Waals surface area contributed by atoms with Crippen LogP contribution in [-0.2, 0) is 6.42 Å². The first-order chi connectivity index (χ1) is 4.83. The number of hydrogen-bond donors (Lipinski definition) is 0. The number of aromatic nitrogens is 2. The molecule has 0 aliphatic rings. The molecule has 0 saturated carbocycles. The summed E-state index contributed by atoms with van der Waals surface area (Å²) in [5.74, 6) is 1.48. The molecule has 0 fully saturated rings. The highest BCUT2D eigenvalue weighted by molar-refractivity contribution is 14.1. The molecule has 1 rings (SSSR count). The zero-order valence-electron chi connectivity index (χ0n) is 5.80. The number of nitrogens with zero attached hydrogens (tertiary/aromatic N) is 2. The van der Waals surface area contributed by atoms with E-state index < -0.39 is 0 Å². The Hall–Kier alpha value is -0.130. The molecule has 0 aliphatic heterocycles. The minimum atomic E-state index is 0.725. The van der Waals surface area contributed by atoms with Crippen LogP contribution in [0.1, 0.15) is 18.1 Å². The van der Waals surface area contributed by atoms with Crippen molar-refractivity contribution in [3.8, 4) is 0 Å². The third-order valence-corrected chi connectivity index (χ3v) is 1.86. The Morgan fingerprint density at radius 3 is 2.90 bits per heavy atom. The van der Waals surface area contributed by atoms with Crippen molar-refractivity contribution in [1.82, 2.24) is 10.1 Å². The molecule has 4 heteroatoms. The lowest BCUT2D eigenvalue weighted by molar-refractivity contribution is 0.374. The van der Waals surface area contributed by atoms with Gasteiger partial charge in [0.25, 0.3) is 0 Å². The topological polar surface area (TPSA) is 38.9 Å². The minimum absolute atomic E-state index is 0.725. The smallest absolute Gasteiger partial charge is 0.226 e. The van der Waals surface area contributed by atoms with Gasteiger partial charge in [-0.05, 0) is 13.3 Å². The molecule has 0 saturated heterocycles. The molecule has 0 unspecified atom stereocenters. The van der Waals surface area contributed by atoms with Crippen LogP contribution in [0.5, 0.6) is 0 Å². The molecule has 0 aliphatic carbocycles. The van der Waals surface area contributed by atoms with Gasteiger partial charge in [-0.3, -0.25) is 0 Å². The van der Waals surface area contributed by atoms with Crippen LogP contribution in [-0.4, -0.2) is 14.6 Å². The van der Waals surface area contributed by atoms with Crippen molar-refractivity contribution in [1.29, 1.82) is 0 Å². The van der Waals surface area contributed by atoms with Crippen molar-refractivity contribution in [2.75, 3.05) is 4.43 Å². The van der Waals surface area contributed by atoms with Crippen molar-refractivity contribution < 1.29 is 4.52 Å². The van der Waals surface area contributed by atoms with Crippen LogP contribution >= 0.6 is 22.6 Å². The molecule has 1 aromatic rings. The average Bonchev–Trinajstić information content (AvgIpc) is 2.31. The van der Waals surface area contributed by atoms with Gasteiger partial charge in [0.2, 0.25) is 5.89 Å². The first-order valence-electron chi connectivity index (χ1n) is 3.18. The summed E-state index contributed by atoms with van der Waals surface area (Å²) in [7, 11) is 0. The highest BCUT2D eigenvalue weighted by Crippen LogP contribution is 2.01. The fraction of sp³-hybridized carbons (Fsp3) is 0.667. The zero-order valence-corrected chi connectivity index (χ0v) is 7.96. The highest BCUT2D eigenvalue weighted by atomic mass is 127. The second-order valence-corrected chi connectivity index (χ2v) is 3.11. The van der Waals surface area contributed by atoms with Crippen molar-refractivity contribution in [3.05, 3.63) is 11.7 Å². The SMILES string of the molecule is Cc1noc(CCCI)n1. The molecule has 1 aromatic heterocycles. The molecule has 0 spiro atoms. The fourth-order valence-corrected chi connectivity index (χ4v) is 1.04. The molecule has 0 bridgehead atoms. The Balaban J connectivity index is 2.42. The van der Waals surface area contributed by atoms with Gasteiger partial charge < -0.3 is 4.52 Å². The summed E-state index contributed by atoms with van der Waals surface area (Å²) >= 11 is 2.33. The molecule has 0 amide bonds. The van der Waals surface area contributed by atoms with Crippen LogP contribution in [0, 0.1) is 6.92 Å². The maximum Gasteiger partial charge on any atom is 0.226 e. The van der Waals surface area contributed by atoms with Gasteiger partial charge in [-0.1, -0.05) is 27.7 Å². The van der Waals surface area contributed by atoms with E-state index in [2.05, 4.69) is 32.7 Å². The lowest BCUT2D eigenvalue weighted by Gasteiger charge is -1.86. The summed E-state index contributed by atoms with van der Waals surface area (Å²) in [4.78, 5) is 4.07. The largest absolute Gasteiger partial charge is 0.339 e. The molecule has 0 aromatic carbocycles. The number of aryl methyl sites for hydroxylation is 2. The van der Waals surface area contributed by atoms with Crippen molar-refractivity contribution >= 4 is 22.6 Å². The molecule has 1 heterocycles. The van der Waals surface area contributed by atoms with Crippen LogP contribution in [0.2, 0.25) is 0 Å². The zero-order chi connectivity index (χ0) is 7.40. The van der Waals surface area contributed by atoms with Crippen molar-refractivity contribution in [2.24, 2.45) is 0 Å². The maximum absolute atomic E-state index is 4.90. The summed E-state index contributed by atoms with van der Waals surface area (Å²) in [5.41, 5.74) is 0. The molecule has 3 nitrogen and oxygen atoms in total. The van der Waals surface area contributed by atoms with Crippen LogP contribution in [0.25, 0.3) is 0 Å². The Labute approximate surface area is 73.3 Å². The number of halogens is 1. The second kappa shape index (κ2) is 3.90. The van der Waals surface area contributed by atoms with Gasteiger partial charge in [-0.25, -0.2) is 0 Å². The predicted octanol–water partition coefficient (Wildman–Crippen LogP) is 1.75. The summed E-state index contributed by atoms with van der Waals surface area (Å²) in [6, 6.07) is 0. The van der Waals surface area contributed by atoms with E-state index in [1.54, 1.807) is 0 Å². The Kier molecular flexibility index (Phi) is 3.11. The van der Waals surface area contributed by atoms with Crippen LogP contribution in [0.4, 0.5) is 0 Å². The van der Waals surface area contributed by atoms with Crippen LogP contribution in [0.3, 0.4) is 0 Å². The molecule has 0 atom stereocenters. The lowest BCUT2D eigenvalue weighted by atomic mass is 10.3. The normalized spacial score (nSPS) is 10.2. The molecule has 0 N–H and O–H groups in total. The molecular weight excluding hydrogens is 243 g/mol. The summed E-state index contributed by atoms with van der Waals surface area (Å²) in [5, 5.41) is 3.68. The van der Waals surface area contributed by atoms with Gasteiger partial charge in [0, 0.05) is 10.8 Å². The third kappa shape index (κ3) is 2.24. The number of hydrogen-bond acceptors (Lipinski definition) is 3. The van der Waals surface area contributed by atoms with Gasteiger partial charge in [0.15, 0.2) is 5.82 Å². The summed E-state index contributed by atoms with van der Waals surface area (Å²) < 4.78 is 6.04. The highest BCUT2D eigenvalue weighted by Gasteiger charge is 1.99. The third-order valence-electron chi connectivity index (χ3n) is 1.09. The number of rotatable bonds is 3. The predicted molar refractivity (Wildman–Crippen MR) is 46.2 cm³/mol. The fourth-order valence-electron chi connectivity index (χ4n) is 0.660.